The minimum Gasteiger partial charge on any atom is -0.491 e. The molecule has 1 saturated heterocycles. The molecule has 55 heavy (non-hydrogen) atoms. The van der Waals surface area contributed by atoms with Crippen molar-refractivity contribution < 1.29 is 52.3 Å². The minimum absolute atomic E-state index is 0.0331. The lowest BCUT2D eigenvalue weighted by atomic mass is 9.95. The summed E-state index contributed by atoms with van der Waals surface area (Å²) < 4.78 is 53.5. The third kappa shape index (κ3) is 14.8. The highest BCUT2D eigenvalue weighted by atomic mass is 19.4. The van der Waals surface area contributed by atoms with Gasteiger partial charge >= 0.3 is 24.1 Å². The topological polar surface area (TPSA) is 143 Å². The fraction of sp³-hybridized carbons (Fsp3) is 0.425. The van der Waals surface area contributed by atoms with Gasteiger partial charge in [-0.05, 0) is 52.9 Å². The van der Waals surface area contributed by atoms with Crippen molar-refractivity contribution in [2.24, 2.45) is 0 Å². The van der Waals surface area contributed by atoms with Gasteiger partial charge in [-0.25, -0.2) is 0 Å². The molecule has 1 heterocycles. The number of nitrogens with zero attached hydrogens (tertiary/aromatic N) is 4. The number of halogens is 3. The molecule has 0 spiro atoms. The second-order valence-electron chi connectivity index (χ2n) is 13.3. The summed E-state index contributed by atoms with van der Waals surface area (Å²) in [5.41, 5.74) is 2.92. The van der Waals surface area contributed by atoms with Gasteiger partial charge in [0.05, 0.1) is 38.4 Å². The molecule has 12 nitrogen and oxygen atoms in total. The second-order valence-corrected chi connectivity index (χ2v) is 13.3. The number of hydrogen-bond acceptors (Lipinski definition) is 9. The van der Waals surface area contributed by atoms with E-state index in [1.165, 1.54) is 18.2 Å². The Kier molecular flexibility index (Phi) is 16.7. The average Bonchev–Trinajstić information content (AvgIpc) is 3.12. The third-order valence-electron chi connectivity index (χ3n) is 9.29. The van der Waals surface area contributed by atoms with E-state index in [0.717, 1.165) is 28.3 Å². The number of ether oxygens (including phenoxy) is 2. The summed E-state index contributed by atoms with van der Waals surface area (Å²) in [4.78, 5) is 41.7. The molecular weight excluding hydrogens is 721 g/mol. The van der Waals surface area contributed by atoms with Crippen molar-refractivity contribution in [3.8, 4) is 16.9 Å². The Morgan fingerprint density at radius 2 is 1.18 bits per heavy atom. The van der Waals surface area contributed by atoms with Crippen molar-refractivity contribution >= 4 is 30.1 Å². The molecule has 0 aliphatic carbocycles. The predicted molar refractivity (Wildman–Crippen MR) is 202 cm³/mol. The van der Waals surface area contributed by atoms with Crippen LogP contribution in [-0.4, -0.2) is 151 Å². The van der Waals surface area contributed by atoms with E-state index in [0.29, 0.717) is 58.9 Å². The molecule has 298 valence electrons. The molecule has 0 atom stereocenters. The second kappa shape index (κ2) is 21.3. The van der Waals surface area contributed by atoms with E-state index in [2.05, 4.69) is 0 Å². The Labute approximate surface area is 319 Å². The zero-order valence-corrected chi connectivity index (χ0v) is 30.9. The smallest absolute Gasteiger partial charge is 0.416 e. The summed E-state index contributed by atoms with van der Waals surface area (Å²) in [6, 6.07) is 19.1. The van der Waals surface area contributed by atoms with Crippen molar-refractivity contribution in [1.29, 1.82) is 0 Å². The zero-order chi connectivity index (χ0) is 39.8. The van der Waals surface area contributed by atoms with Crippen LogP contribution in [0.3, 0.4) is 0 Å². The minimum atomic E-state index is -4.57. The maximum absolute atomic E-state index is 14.0. The van der Waals surface area contributed by atoms with Crippen LogP contribution in [0.4, 0.5) is 13.2 Å². The Morgan fingerprint density at radius 1 is 0.655 bits per heavy atom. The van der Waals surface area contributed by atoms with Crippen molar-refractivity contribution in [2.45, 2.75) is 13.1 Å². The van der Waals surface area contributed by atoms with Crippen LogP contribution in [-0.2, 0) is 25.3 Å². The van der Waals surface area contributed by atoms with Crippen LogP contribution in [0.25, 0.3) is 23.3 Å². The number of rotatable bonds is 16. The molecule has 0 amide bonds. The fourth-order valence-electron chi connectivity index (χ4n) is 6.34. The number of aliphatic carboxylic acids is 3. The quantitative estimate of drug-likeness (QED) is 0.137. The van der Waals surface area contributed by atoms with Gasteiger partial charge in [-0.15, -0.1) is 0 Å². The summed E-state index contributed by atoms with van der Waals surface area (Å²) >= 11 is 0. The fourth-order valence-corrected chi connectivity index (χ4v) is 6.34. The van der Waals surface area contributed by atoms with E-state index in [9.17, 15) is 42.9 Å². The summed E-state index contributed by atoms with van der Waals surface area (Å²) in [5.74, 6) is -2.77. The SMILES string of the molecule is Cc1c(/C=C/c2cc(OCCOCCN3CCN(CC(=O)O)CCN(CC(=O)O)CCN(CC(=O)O)CC3)ccc2C(F)(F)F)cccc1-c1ccccc1. The first kappa shape index (κ1) is 42.9. The number of carbonyl (C=O) groups is 3. The van der Waals surface area contributed by atoms with E-state index in [1.54, 1.807) is 20.8 Å². The third-order valence-corrected chi connectivity index (χ3v) is 9.29. The molecule has 3 aromatic rings. The van der Waals surface area contributed by atoms with Gasteiger partial charge in [0.15, 0.2) is 0 Å². The van der Waals surface area contributed by atoms with Crippen LogP contribution in [0.2, 0.25) is 0 Å². The lowest BCUT2D eigenvalue weighted by Crippen LogP contribution is -2.48. The molecule has 1 aliphatic rings. The van der Waals surface area contributed by atoms with Crippen molar-refractivity contribution in [3.63, 3.8) is 0 Å². The largest absolute Gasteiger partial charge is 0.491 e. The molecular formula is C40H49F3N4O8. The molecule has 0 unspecified atom stereocenters. The van der Waals surface area contributed by atoms with Crippen molar-refractivity contribution in [2.75, 3.05) is 98.4 Å². The van der Waals surface area contributed by atoms with Gasteiger partial charge in [0.2, 0.25) is 0 Å². The first-order chi connectivity index (χ1) is 26.3. The van der Waals surface area contributed by atoms with Crippen molar-refractivity contribution in [3.05, 3.63) is 89.0 Å². The summed E-state index contributed by atoms with van der Waals surface area (Å²) in [6.45, 7) is 5.19. The van der Waals surface area contributed by atoms with Gasteiger partial charge in [-0.1, -0.05) is 60.7 Å². The highest BCUT2D eigenvalue weighted by Gasteiger charge is 2.33. The van der Waals surface area contributed by atoms with E-state index >= 15 is 0 Å². The summed E-state index contributed by atoms with van der Waals surface area (Å²) in [7, 11) is 0. The van der Waals surface area contributed by atoms with E-state index in [1.807, 2.05) is 60.4 Å². The summed E-state index contributed by atoms with van der Waals surface area (Å²) in [6.07, 6.45) is -1.45. The highest BCUT2D eigenvalue weighted by Crippen LogP contribution is 2.35. The van der Waals surface area contributed by atoms with Crippen LogP contribution in [0.15, 0.2) is 66.7 Å². The van der Waals surface area contributed by atoms with E-state index in [-0.39, 0.29) is 50.8 Å². The van der Waals surface area contributed by atoms with Crippen LogP contribution in [0.1, 0.15) is 22.3 Å². The average molecular weight is 771 g/mol. The number of alkyl halides is 3. The van der Waals surface area contributed by atoms with Crippen LogP contribution in [0.5, 0.6) is 5.75 Å². The Bertz CT molecular complexity index is 1710. The first-order valence-electron chi connectivity index (χ1n) is 18.1. The normalized spacial score (nSPS) is 16.1. The van der Waals surface area contributed by atoms with Gasteiger partial charge < -0.3 is 24.8 Å². The maximum atomic E-state index is 14.0. The molecule has 3 N–H and O–H groups in total. The lowest BCUT2D eigenvalue weighted by molar-refractivity contribution is -0.140. The van der Waals surface area contributed by atoms with Gasteiger partial charge in [0.1, 0.15) is 12.4 Å². The lowest BCUT2D eigenvalue weighted by Gasteiger charge is -2.33. The number of hydrogen-bond donors (Lipinski definition) is 3. The van der Waals surface area contributed by atoms with Crippen LogP contribution in [0, 0.1) is 6.92 Å². The van der Waals surface area contributed by atoms with E-state index < -0.39 is 29.6 Å². The molecule has 1 fully saturated rings. The maximum Gasteiger partial charge on any atom is 0.416 e. The highest BCUT2D eigenvalue weighted by molar-refractivity contribution is 5.78. The molecule has 0 bridgehead atoms. The molecule has 0 saturated carbocycles. The molecule has 1 aliphatic heterocycles. The monoisotopic (exact) mass is 770 g/mol. The van der Waals surface area contributed by atoms with Crippen LogP contribution >= 0.6 is 0 Å². The molecule has 3 aromatic carbocycles. The van der Waals surface area contributed by atoms with Gasteiger partial charge in [-0.2, -0.15) is 13.2 Å². The predicted octanol–water partition coefficient (Wildman–Crippen LogP) is 4.72. The van der Waals surface area contributed by atoms with Gasteiger partial charge in [0.25, 0.3) is 0 Å². The Hall–Kier alpha value is -4.80. The standard InChI is InChI=1S/C40H49F3N4O8/c1-30-31(8-5-9-35(30)32-6-3-2-4-7-32)10-11-33-26-34(12-13-36(33)40(41,42)43)55-25-24-54-23-22-44-14-16-45(27-37(48)49)18-20-47(29-39(52)53)21-19-46(17-15-44)28-38(50)51/h2-13,26H,14-25,27-29H2,1H3,(H,48,49)(H,50,51)(H,52,53)/b11-10+. The van der Waals surface area contributed by atoms with Crippen molar-refractivity contribution in [1.82, 2.24) is 19.6 Å². The number of benzene rings is 3. The zero-order valence-electron chi connectivity index (χ0n) is 30.9. The van der Waals surface area contributed by atoms with Gasteiger partial charge in [-0.3, -0.25) is 34.0 Å². The molecule has 4 rings (SSSR count). The number of carboxylic acid groups (broad SMARTS) is 3. The van der Waals surface area contributed by atoms with E-state index in [4.69, 9.17) is 9.47 Å². The Balaban J connectivity index is 1.35. The number of carboxylic acids is 3. The first-order valence-corrected chi connectivity index (χ1v) is 18.1. The molecule has 0 radical (unpaired) electrons. The molecule has 15 heteroatoms. The summed E-state index contributed by atoms with van der Waals surface area (Å²) in [5, 5.41) is 28.2. The Morgan fingerprint density at radius 3 is 1.71 bits per heavy atom. The van der Waals surface area contributed by atoms with Gasteiger partial charge in [0, 0.05) is 58.9 Å². The van der Waals surface area contributed by atoms with Crippen LogP contribution < -0.4 is 4.74 Å². The molecule has 0 aromatic heterocycles.